The van der Waals surface area contributed by atoms with Crippen molar-refractivity contribution in [2.45, 2.75) is 64.8 Å². The summed E-state index contributed by atoms with van der Waals surface area (Å²) in [6.07, 6.45) is 9.19. The molecule has 2 aliphatic rings. The molecule has 26 heavy (non-hydrogen) atoms. The third kappa shape index (κ3) is 5.73. The molecule has 0 spiro atoms. The lowest BCUT2D eigenvalue weighted by atomic mass is 9.88. The first-order chi connectivity index (χ1) is 12.6. The smallest absolute Gasteiger partial charge is 0.258 e. The van der Waals surface area contributed by atoms with E-state index in [4.69, 9.17) is 4.74 Å². The van der Waals surface area contributed by atoms with Crippen molar-refractivity contribution in [2.24, 2.45) is 5.92 Å². The highest BCUT2D eigenvalue weighted by molar-refractivity contribution is 5.77. The van der Waals surface area contributed by atoms with Gasteiger partial charge in [0.2, 0.25) is 0 Å². The summed E-state index contributed by atoms with van der Waals surface area (Å²) in [6, 6.07) is 6.34. The summed E-state index contributed by atoms with van der Waals surface area (Å²) in [6.45, 7) is 7.66. The van der Waals surface area contributed by atoms with E-state index in [0.29, 0.717) is 6.04 Å². The summed E-state index contributed by atoms with van der Waals surface area (Å²) in [5.41, 5.74) is 2.29. The van der Waals surface area contributed by atoms with Crippen LogP contribution in [-0.2, 0) is 4.79 Å². The normalized spacial score (nSPS) is 20.1. The molecule has 0 bridgehead atoms. The Morgan fingerprint density at radius 1 is 1.12 bits per heavy atom. The Labute approximate surface area is 158 Å². The van der Waals surface area contributed by atoms with Gasteiger partial charge in [-0.1, -0.05) is 37.0 Å². The zero-order valence-electron chi connectivity index (χ0n) is 16.4. The molecule has 4 heteroatoms. The SMILES string of the molecule is Cc1ccc(OCC(=O)NC2CCN(CC3CCCCC3)CC2)c(C)c1. The molecule has 1 aliphatic carbocycles. The number of rotatable bonds is 6. The minimum absolute atomic E-state index is 0.00398. The maximum Gasteiger partial charge on any atom is 0.258 e. The Kier molecular flexibility index (Phi) is 6.95. The molecule has 144 valence electrons. The van der Waals surface area contributed by atoms with Gasteiger partial charge in [0.1, 0.15) is 5.75 Å². The second-order valence-electron chi connectivity index (χ2n) is 8.20. The molecule has 1 saturated heterocycles. The van der Waals surface area contributed by atoms with Crippen LogP contribution in [0.15, 0.2) is 18.2 Å². The fourth-order valence-electron chi connectivity index (χ4n) is 4.37. The molecule has 0 atom stereocenters. The summed E-state index contributed by atoms with van der Waals surface area (Å²) in [4.78, 5) is 14.8. The van der Waals surface area contributed by atoms with E-state index in [1.807, 2.05) is 19.1 Å². The van der Waals surface area contributed by atoms with Gasteiger partial charge in [0.25, 0.3) is 5.91 Å². The highest BCUT2D eigenvalue weighted by atomic mass is 16.5. The fraction of sp³-hybridized carbons (Fsp3) is 0.682. The van der Waals surface area contributed by atoms with E-state index in [9.17, 15) is 4.79 Å². The molecule has 0 aromatic heterocycles. The molecule has 0 unspecified atom stereocenters. The second-order valence-corrected chi connectivity index (χ2v) is 8.20. The second kappa shape index (κ2) is 9.40. The molecule has 1 aromatic carbocycles. The molecule has 1 aliphatic heterocycles. The number of likely N-dealkylation sites (tertiary alicyclic amines) is 1. The van der Waals surface area contributed by atoms with Crippen molar-refractivity contribution in [3.8, 4) is 5.75 Å². The Balaban J connectivity index is 1.35. The van der Waals surface area contributed by atoms with E-state index in [0.717, 1.165) is 43.2 Å². The first-order valence-corrected chi connectivity index (χ1v) is 10.3. The van der Waals surface area contributed by atoms with Gasteiger partial charge in [0.05, 0.1) is 0 Å². The number of nitrogens with one attached hydrogen (secondary N) is 1. The monoisotopic (exact) mass is 358 g/mol. The first kappa shape index (κ1) is 19.2. The van der Waals surface area contributed by atoms with Crippen LogP contribution in [0.5, 0.6) is 5.75 Å². The van der Waals surface area contributed by atoms with E-state index in [2.05, 4.69) is 23.2 Å². The van der Waals surface area contributed by atoms with Crippen molar-refractivity contribution >= 4 is 5.91 Å². The van der Waals surface area contributed by atoms with Crippen molar-refractivity contribution in [2.75, 3.05) is 26.2 Å². The molecule has 1 aromatic rings. The Morgan fingerprint density at radius 3 is 2.54 bits per heavy atom. The van der Waals surface area contributed by atoms with Crippen molar-refractivity contribution in [1.82, 2.24) is 10.2 Å². The predicted molar refractivity (Wildman–Crippen MR) is 106 cm³/mol. The summed E-state index contributed by atoms with van der Waals surface area (Å²) in [5, 5.41) is 3.15. The highest BCUT2D eigenvalue weighted by Crippen LogP contribution is 2.25. The lowest BCUT2D eigenvalue weighted by Gasteiger charge is -2.35. The van der Waals surface area contributed by atoms with Gasteiger partial charge in [-0.3, -0.25) is 4.79 Å². The molecule has 1 heterocycles. The maximum absolute atomic E-state index is 12.2. The lowest BCUT2D eigenvalue weighted by Crippen LogP contribution is -2.47. The van der Waals surface area contributed by atoms with Crippen LogP contribution in [0.25, 0.3) is 0 Å². The number of carbonyl (C=O) groups excluding carboxylic acids is 1. The number of amides is 1. The Bertz CT molecular complexity index is 588. The van der Waals surface area contributed by atoms with Crippen molar-refractivity contribution in [3.05, 3.63) is 29.3 Å². The Hall–Kier alpha value is -1.55. The molecule has 1 N–H and O–H groups in total. The average Bonchev–Trinajstić information content (AvgIpc) is 2.63. The van der Waals surface area contributed by atoms with Crippen LogP contribution in [0.3, 0.4) is 0 Å². The van der Waals surface area contributed by atoms with Crippen LogP contribution in [0, 0.1) is 19.8 Å². The Morgan fingerprint density at radius 2 is 1.85 bits per heavy atom. The number of hydrogen-bond donors (Lipinski definition) is 1. The predicted octanol–water partition coefficient (Wildman–Crippen LogP) is 3.84. The van der Waals surface area contributed by atoms with Crippen LogP contribution >= 0.6 is 0 Å². The quantitative estimate of drug-likeness (QED) is 0.840. The molecule has 3 rings (SSSR count). The van der Waals surface area contributed by atoms with E-state index >= 15 is 0 Å². The summed E-state index contributed by atoms with van der Waals surface area (Å²) >= 11 is 0. The molecule has 1 amide bonds. The number of aryl methyl sites for hydroxylation is 2. The lowest BCUT2D eigenvalue weighted by molar-refractivity contribution is -0.124. The topological polar surface area (TPSA) is 41.6 Å². The maximum atomic E-state index is 12.2. The van der Waals surface area contributed by atoms with Crippen molar-refractivity contribution in [3.63, 3.8) is 0 Å². The standard InChI is InChI=1S/C22H34N2O2/c1-17-8-9-21(18(2)14-17)26-16-22(25)23-20-10-12-24(13-11-20)15-19-6-4-3-5-7-19/h8-9,14,19-20H,3-7,10-13,15-16H2,1-2H3,(H,23,25). The number of benzene rings is 1. The van der Waals surface area contributed by atoms with Crippen LogP contribution in [0.4, 0.5) is 0 Å². The van der Waals surface area contributed by atoms with Crippen molar-refractivity contribution in [1.29, 1.82) is 0 Å². The van der Waals surface area contributed by atoms with E-state index in [-0.39, 0.29) is 12.5 Å². The zero-order chi connectivity index (χ0) is 18.4. The summed E-state index contributed by atoms with van der Waals surface area (Å²) < 4.78 is 5.69. The molecule has 4 nitrogen and oxygen atoms in total. The van der Waals surface area contributed by atoms with E-state index in [1.165, 1.54) is 44.2 Å². The van der Waals surface area contributed by atoms with Gasteiger partial charge in [-0.25, -0.2) is 0 Å². The minimum Gasteiger partial charge on any atom is -0.484 e. The summed E-state index contributed by atoms with van der Waals surface area (Å²) in [7, 11) is 0. The number of nitrogens with zero attached hydrogens (tertiary/aromatic N) is 1. The molecule has 1 saturated carbocycles. The molecule has 2 fully saturated rings. The number of piperidine rings is 1. The summed E-state index contributed by atoms with van der Waals surface area (Å²) in [5.74, 6) is 1.70. The van der Waals surface area contributed by atoms with Crippen LogP contribution in [-0.4, -0.2) is 43.1 Å². The van der Waals surface area contributed by atoms with Gasteiger partial charge in [-0.05, 0) is 57.1 Å². The van der Waals surface area contributed by atoms with Gasteiger partial charge in [-0.2, -0.15) is 0 Å². The highest BCUT2D eigenvalue weighted by Gasteiger charge is 2.23. The van der Waals surface area contributed by atoms with E-state index < -0.39 is 0 Å². The van der Waals surface area contributed by atoms with E-state index in [1.54, 1.807) is 0 Å². The minimum atomic E-state index is -0.00398. The van der Waals surface area contributed by atoms with Gasteiger partial charge < -0.3 is 15.0 Å². The van der Waals surface area contributed by atoms with Gasteiger partial charge in [0, 0.05) is 25.7 Å². The molecule has 0 radical (unpaired) electrons. The van der Waals surface area contributed by atoms with Gasteiger partial charge >= 0.3 is 0 Å². The average molecular weight is 359 g/mol. The van der Waals surface area contributed by atoms with Gasteiger partial charge in [-0.15, -0.1) is 0 Å². The number of carbonyl (C=O) groups is 1. The third-order valence-electron chi connectivity index (χ3n) is 5.88. The number of ether oxygens (including phenoxy) is 1. The van der Waals surface area contributed by atoms with Crippen LogP contribution in [0.2, 0.25) is 0 Å². The van der Waals surface area contributed by atoms with Gasteiger partial charge in [0.15, 0.2) is 6.61 Å². The van der Waals surface area contributed by atoms with Crippen molar-refractivity contribution < 1.29 is 9.53 Å². The largest absolute Gasteiger partial charge is 0.484 e. The third-order valence-corrected chi connectivity index (χ3v) is 5.88. The fourth-order valence-corrected chi connectivity index (χ4v) is 4.37. The number of hydrogen-bond acceptors (Lipinski definition) is 3. The molecular formula is C22H34N2O2. The first-order valence-electron chi connectivity index (χ1n) is 10.3. The van der Waals surface area contributed by atoms with Crippen LogP contribution in [0.1, 0.15) is 56.1 Å². The molecular weight excluding hydrogens is 324 g/mol. The zero-order valence-corrected chi connectivity index (χ0v) is 16.4. The van der Waals surface area contributed by atoms with Crippen LogP contribution < -0.4 is 10.1 Å².